The molecule has 3 saturated heterocycles. The first-order valence-electron chi connectivity index (χ1n) is 10.1. The number of hydrogen-bond acceptors (Lipinski definition) is 4. The Bertz CT molecular complexity index is 618. The van der Waals surface area contributed by atoms with Crippen LogP contribution in [0.25, 0.3) is 0 Å². The molecule has 0 saturated carbocycles. The SMILES string of the molecule is CN1CC(CCN2CC(c3ccc(B4OC(C)(C)C(C)(C)O4)cc3)C2)C1. The predicted octanol–water partition coefficient (Wildman–Crippen LogP) is 2.34. The van der Waals surface area contributed by atoms with E-state index in [-0.39, 0.29) is 18.3 Å². The van der Waals surface area contributed by atoms with Crippen LogP contribution in [-0.4, -0.2) is 67.9 Å². The molecule has 0 radical (unpaired) electrons. The van der Waals surface area contributed by atoms with Crippen LogP contribution < -0.4 is 5.46 Å². The summed E-state index contributed by atoms with van der Waals surface area (Å²) in [6, 6.07) is 8.90. The largest absolute Gasteiger partial charge is 0.494 e. The van der Waals surface area contributed by atoms with Crippen LogP contribution in [0.5, 0.6) is 0 Å². The lowest BCUT2D eigenvalue weighted by atomic mass is 9.77. The highest BCUT2D eigenvalue weighted by molar-refractivity contribution is 6.62. The van der Waals surface area contributed by atoms with E-state index in [9.17, 15) is 0 Å². The van der Waals surface area contributed by atoms with Gasteiger partial charge in [0.25, 0.3) is 0 Å². The Hall–Kier alpha value is -0.875. The van der Waals surface area contributed by atoms with Gasteiger partial charge in [-0.15, -0.1) is 0 Å². The minimum absolute atomic E-state index is 0.257. The fraction of sp³-hybridized carbons (Fsp3) is 0.714. The lowest BCUT2D eigenvalue weighted by Gasteiger charge is -2.42. The molecule has 3 aliphatic heterocycles. The van der Waals surface area contributed by atoms with E-state index >= 15 is 0 Å². The smallest absolute Gasteiger partial charge is 0.399 e. The fourth-order valence-corrected chi connectivity index (χ4v) is 4.24. The molecule has 142 valence electrons. The van der Waals surface area contributed by atoms with Gasteiger partial charge >= 0.3 is 7.12 Å². The summed E-state index contributed by atoms with van der Waals surface area (Å²) >= 11 is 0. The first kappa shape index (κ1) is 18.5. The molecule has 0 spiro atoms. The van der Waals surface area contributed by atoms with Crippen LogP contribution in [0.3, 0.4) is 0 Å². The van der Waals surface area contributed by atoms with Crippen molar-refractivity contribution in [3.8, 4) is 0 Å². The van der Waals surface area contributed by atoms with Crippen molar-refractivity contribution in [3.63, 3.8) is 0 Å². The van der Waals surface area contributed by atoms with E-state index in [4.69, 9.17) is 9.31 Å². The number of nitrogens with zero attached hydrogens (tertiary/aromatic N) is 2. The van der Waals surface area contributed by atoms with Gasteiger partial charge in [0.1, 0.15) is 0 Å². The number of rotatable bonds is 5. The van der Waals surface area contributed by atoms with Gasteiger partial charge in [-0.05, 0) is 64.7 Å². The maximum atomic E-state index is 6.15. The normalized spacial score (nSPS) is 26.7. The molecule has 3 fully saturated rings. The van der Waals surface area contributed by atoms with Crippen molar-refractivity contribution < 1.29 is 9.31 Å². The molecule has 0 bridgehead atoms. The maximum Gasteiger partial charge on any atom is 0.494 e. The van der Waals surface area contributed by atoms with Crippen molar-refractivity contribution in [1.82, 2.24) is 9.80 Å². The average molecular weight is 356 g/mol. The third-order valence-corrected chi connectivity index (χ3v) is 6.88. The summed E-state index contributed by atoms with van der Waals surface area (Å²) in [6.45, 7) is 14.7. The Morgan fingerprint density at radius 1 is 0.962 bits per heavy atom. The molecule has 0 aliphatic carbocycles. The van der Waals surface area contributed by atoms with Gasteiger partial charge in [-0.3, -0.25) is 0 Å². The summed E-state index contributed by atoms with van der Waals surface area (Å²) < 4.78 is 12.3. The monoisotopic (exact) mass is 356 g/mol. The van der Waals surface area contributed by atoms with Gasteiger partial charge in [-0.2, -0.15) is 0 Å². The third-order valence-electron chi connectivity index (χ3n) is 6.88. The summed E-state index contributed by atoms with van der Waals surface area (Å²) in [4.78, 5) is 5.01. The Morgan fingerprint density at radius 3 is 2.08 bits per heavy atom. The second-order valence-electron chi connectivity index (χ2n) is 9.59. The molecule has 0 aromatic heterocycles. The lowest BCUT2D eigenvalue weighted by Crippen LogP contribution is -2.49. The Kier molecular flexibility index (Phi) is 4.71. The zero-order valence-electron chi connectivity index (χ0n) is 17.0. The molecule has 0 atom stereocenters. The third kappa shape index (κ3) is 3.47. The first-order chi connectivity index (χ1) is 12.2. The zero-order chi connectivity index (χ0) is 18.5. The van der Waals surface area contributed by atoms with E-state index in [1.165, 1.54) is 44.7 Å². The average Bonchev–Trinajstić information content (AvgIpc) is 2.72. The molecular formula is C21H33BN2O2. The molecule has 4 rings (SSSR count). The molecule has 1 aromatic carbocycles. The van der Waals surface area contributed by atoms with Gasteiger partial charge in [0, 0.05) is 32.1 Å². The van der Waals surface area contributed by atoms with E-state index in [0.29, 0.717) is 5.92 Å². The fourth-order valence-electron chi connectivity index (χ4n) is 4.24. The van der Waals surface area contributed by atoms with Gasteiger partial charge in [-0.1, -0.05) is 24.3 Å². The van der Waals surface area contributed by atoms with Gasteiger partial charge in [0.15, 0.2) is 0 Å². The highest BCUT2D eigenvalue weighted by atomic mass is 16.7. The van der Waals surface area contributed by atoms with Crippen LogP contribution in [0.1, 0.15) is 45.6 Å². The molecule has 3 aliphatic rings. The van der Waals surface area contributed by atoms with Crippen LogP contribution in [-0.2, 0) is 9.31 Å². The quantitative estimate of drug-likeness (QED) is 0.756. The first-order valence-corrected chi connectivity index (χ1v) is 10.1. The molecule has 3 heterocycles. The maximum absolute atomic E-state index is 6.15. The zero-order valence-corrected chi connectivity index (χ0v) is 17.0. The van der Waals surface area contributed by atoms with Crippen LogP contribution in [0.4, 0.5) is 0 Å². The Morgan fingerprint density at radius 2 is 1.54 bits per heavy atom. The molecule has 0 unspecified atom stereocenters. The molecule has 26 heavy (non-hydrogen) atoms. The molecule has 0 N–H and O–H groups in total. The van der Waals surface area contributed by atoms with Gasteiger partial charge < -0.3 is 19.1 Å². The second kappa shape index (κ2) is 6.63. The van der Waals surface area contributed by atoms with Crippen molar-refractivity contribution in [2.75, 3.05) is 39.8 Å². The van der Waals surface area contributed by atoms with E-state index < -0.39 is 0 Å². The van der Waals surface area contributed by atoms with Crippen molar-refractivity contribution in [2.24, 2.45) is 5.92 Å². The highest BCUT2D eigenvalue weighted by Crippen LogP contribution is 2.36. The predicted molar refractivity (Wildman–Crippen MR) is 107 cm³/mol. The highest BCUT2D eigenvalue weighted by Gasteiger charge is 2.51. The van der Waals surface area contributed by atoms with Crippen molar-refractivity contribution in [2.45, 2.75) is 51.2 Å². The lowest BCUT2D eigenvalue weighted by molar-refractivity contribution is 0.00578. The standard InChI is InChI=1S/C21H33BN2O2/c1-20(2)21(3,4)26-22(25-20)19-8-6-17(7-9-19)18-14-24(15-18)11-10-16-12-23(5)13-16/h6-9,16,18H,10-15H2,1-5H3. The summed E-state index contributed by atoms with van der Waals surface area (Å²) in [6.07, 6.45) is 1.36. The van der Waals surface area contributed by atoms with Crippen LogP contribution in [0.2, 0.25) is 0 Å². The summed E-state index contributed by atoms with van der Waals surface area (Å²) in [5.74, 6) is 1.62. The van der Waals surface area contributed by atoms with E-state index in [1.54, 1.807) is 0 Å². The van der Waals surface area contributed by atoms with E-state index in [2.05, 4.69) is 68.8 Å². The summed E-state index contributed by atoms with van der Waals surface area (Å²) in [5.41, 5.74) is 2.02. The number of likely N-dealkylation sites (tertiary alicyclic amines) is 2. The van der Waals surface area contributed by atoms with E-state index in [1.807, 2.05) is 0 Å². The topological polar surface area (TPSA) is 24.9 Å². The van der Waals surface area contributed by atoms with Gasteiger partial charge in [0.05, 0.1) is 11.2 Å². The van der Waals surface area contributed by atoms with Crippen LogP contribution >= 0.6 is 0 Å². The minimum atomic E-state index is -0.278. The minimum Gasteiger partial charge on any atom is -0.399 e. The summed E-state index contributed by atoms with van der Waals surface area (Å²) in [7, 11) is 1.95. The van der Waals surface area contributed by atoms with Crippen molar-refractivity contribution in [1.29, 1.82) is 0 Å². The van der Waals surface area contributed by atoms with Gasteiger partial charge in [0.2, 0.25) is 0 Å². The van der Waals surface area contributed by atoms with E-state index in [0.717, 1.165) is 11.4 Å². The molecular weight excluding hydrogens is 323 g/mol. The molecule has 1 aromatic rings. The Labute approximate surface area is 159 Å². The molecule has 4 nitrogen and oxygen atoms in total. The van der Waals surface area contributed by atoms with Crippen molar-refractivity contribution in [3.05, 3.63) is 29.8 Å². The summed E-state index contributed by atoms with van der Waals surface area (Å²) in [5, 5.41) is 0. The number of hydrogen-bond donors (Lipinski definition) is 0. The molecule has 0 amide bonds. The van der Waals surface area contributed by atoms with Crippen molar-refractivity contribution >= 4 is 12.6 Å². The number of benzene rings is 1. The van der Waals surface area contributed by atoms with Crippen LogP contribution in [0, 0.1) is 5.92 Å². The Balaban J connectivity index is 1.27. The van der Waals surface area contributed by atoms with Crippen LogP contribution in [0.15, 0.2) is 24.3 Å². The second-order valence-corrected chi connectivity index (χ2v) is 9.59. The van der Waals surface area contributed by atoms with Gasteiger partial charge in [-0.25, -0.2) is 0 Å². The molecule has 5 heteroatoms.